The highest BCUT2D eigenvalue weighted by Crippen LogP contribution is 2.17. The van der Waals surface area contributed by atoms with Crippen LogP contribution in [-0.2, 0) is 8.85 Å². The molecule has 0 aliphatic heterocycles. The summed E-state index contributed by atoms with van der Waals surface area (Å²) in [4.78, 5) is 0. The molecule has 0 N–H and O–H groups in total. The Hall–Kier alpha value is -0.123. The number of hydrogen-bond donors (Lipinski definition) is 0. The van der Waals surface area contributed by atoms with E-state index in [0.717, 1.165) is 19.4 Å². The van der Waals surface area contributed by atoms with E-state index in [0.29, 0.717) is 0 Å². The summed E-state index contributed by atoms with van der Waals surface area (Å²) >= 11 is 0. The molecular formula is C18H38O2Si. The van der Waals surface area contributed by atoms with Crippen LogP contribution in [0.2, 0.25) is 6.55 Å². The van der Waals surface area contributed by atoms with Gasteiger partial charge in [-0.2, -0.15) is 0 Å². The van der Waals surface area contributed by atoms with Crippen LogP contribution in [-0.4, -0.2) is 21.3 Å². The van der Waals surface area contributed by atoms with Gasteiger partial charge in [-0.05, 0) is 32.0 Å². The minimum Gasteiger partial charge on any atom is -0.391 e. The van der Waals surface area contributed by atoms with E-state index in [1.165, 1.54) is 51.4 Å². The first-order chi connectivity index (χ1) is 10.1. The Balaban J connectivity index is 3.84. The Labute approximate surface area is 134 Å². The standard InChI is InChI=1S/C18H38O2Si/c1-6-9-11-13-15-17-19-21(5,8-3)20-18(4)16-14-12-10-7-2/h8,18H,3,6-7,9-17H2,1-2,4-5H3. The van der Waals surface area contributed by atoms with Crippen molar-refractivity contribution in [2.75, 3.05) is 6.61 Å². The highest BCUT2D eigenvalue weighted by Gasteiger charge is 2.29. The van der Waals surface area contributed by atoms with Gasteiger partial charge in [0.25, 0.3) is 0 Å². The van der Waals surface area contributed by atoms with Crippen LogP contribution in [0.4, 0.5) is 0 Å². The Morgan fingerprint density at radius 2 is 1.52 bits per heavy atom. The number of hydrogen-bond acceptors (Lipinski definition) is 2. The summed E-state index contributed by atoms with van der Waals surface area (Å²) < 4.78 is 12.2. The summed E-state index contributed by atoms with van der Waals surface area (Å²) in [6, 6.07) is 0. The lowest BCUT2D eigenvalue weighted by Gasteiger charge is -2.27. The molecule has 21 heavy (non-hydrogen) atoms. The van der Waals surface area contributed by atoms with Crippen LogP contribution >= 0.6 is 0 Å². The molecule has 0 spiro atoms. The van der Waals surface area contributed by atoms with Crippen molar-refractivity contribution in [3.05, 3.63) is 12.3 Å². The molecule has 0 rings (SSSR count). The van der Waals surface area contributed by atoms with Gasteiger partial charge in [-0.3, -0.25) is 0 Å². The van der Waals surface area contributed by atoms with Crippen LogP contribution in [0.15, 0.2) is 12.3 Å². The summed E-state index contributed by atoms with van der Waals surface area (Å²) in [5.41, 5.74) is 1.93. The predicted octanol–water partition coefficient (Wildman–Crippen LogP) is 6.15. The highest BCUT2D eigenvalue weighted by atomic mass is 28.4. The Kier molecular flexibility index (Phi) is 13.5. The van der Waals surface area contributed by atoms with Gasteiger partial charge < -0.3 is 8.85 Å². The van der Waals surface area contributed by atoms with Crippen molar-refractivity contribution in [1.82, 2.24) is 0 Å². The zero-order valence-electron chi connectivity index (χ0n) is 15.0. The SMILES string of the molecule is C=C[Si](C)(OCCCCCCC)OC(C)CCCCCC. The second kappa shape index (κ2) is 13.5. The van der Waals surface area contributed by atoms with Crippen LogP contribution < -0.4 is 0 Å². The van der Waals surface area contributed by atoms with Crippen LogP contribution in [0.3, 0.4) is 0 Å². The van der Waals surface area contributed by atoms with E-state index in [-0.39, 0.29) is 6.10 Å². The molecule has 0 aliphatic rings. The average Bonchev–Trinajstić information content (AvgIpc) is 2.47. The molecule has 2 unspecified atom stereocenters. The van der Waals surface area contributed by atoms with E-state index in [1.54, 1.807) is 0 Å². The number of unbranched alkanes of at least 4 members (excludes halogenated alkanes) is 7. The zero-order valence-corrected chi connectivity index (χ0v) is 16.0. The van der Waals surface area contributed by atoms with Crippen molar-refractivity contribution < 1.29 is 8.85 Å². The third kappa shape index (κ3) is 12.1. The maximum atomic E-state index is 6.19. The molecule has 0 aromatic carbocycles. The second-order valence-electron chi connectivity index (χ2n) is 6.26. The maximum absolute atomic E-state index is 6.19. The van der Waals surface area contributed by atoms with Gasteiger partial charge in [-0.15, -0.1) is 6.58 Å². The van der Waals surface area contributed by atoms with Crippen LogP contribution in [0.5, 0.6) is 0 Å². The van der Waals surface area contributed by atoms with Gasteiger partial charge in [0.15, 0.2) is 0 Å². The monoisotopic (exact) mass is 314 g/mol. The summed E-state index contributed by atoms with van der Waals surface area (Å²) in [7, 11) is -2.16. The van der Waals surface area contributed by atoms with E-state index in [1.807, 2.05) is 5.70 Å². The van der Waals surface area contributed by atoms with Gasteiger partial charge in [0.2, 0.25) is 0 Å². The van der Waals surface area contributed by atoms with Crippen LogP contribution in [0.25, 0.3) is 0 Å². The average molecular weight is 315 g/mol. The lowest BCUT2D eigenvalue weighted by Crippen LogP contribution is -2.40. The summed E-state index contributed by atoms with van der Waals surface area (Å²) in [5, 5.41) is 0. The molecule has 2 nitrogen and oxygen atoms in total. The molecule has 0 aromatic heterocycles. The second-order valence-corrected chi connectivity index (χ2v) is 9.23. The van der Waals surface area contributed by atoms with Crippen molar-refractivity contribution in [3.8, 4) is 0 Å². The van der Waals surface area contributed by atoms with Crippen molar-refractivity contribution in [1.29, 1.82) is 0 Å². The molecule has 0 heterocycles. The van der Waals surface area contributed by atoms with E-state index in [9.17, 15) is 0 Å². The van der Waals surface area contributed by atoms with Gasteiger partial charge in [0, 0.05) is 12.7 Å². The lowest BCUT2D eigenvalue weighted by molar-refractivity contribution is 0.126. The first kappa shape index (κ1) is 20.9. The predicted molar refractivity (Wildman–Crippen MR) is 95.8 cm³/mol. The summed E-state index contributed by atoms with van der Waals surface area (Å²) in [6.07, 6.45) is 13.0. The quantitative estimate of drug-likeness (QED) is 0.267. The summed E-state index contributed by atoms with van der Waals surface area (Å²) in [6.45, 7) is 13.5. The van der Waals surface area contributed by atoms with Crippen LogP contribution in [0.1, 0.15) is 85.0 Å². The molecule has 0 bridgehead atoms. The van der Waals surface area contributed by atoms with Crippen LogP contribution in [0, 0.1) is 0 Å². The fourth-order valence-corrected chi connectivity index (χ4v) is 4.19. The first-order valence-corrected chi connectivity index (χ1v) is 11.4. The lowest BCUT2D eigenvalue weighted by atomic mass is 10.1. The third-order valence-electron chi connectivity index (χ3n) is 3.91. The van der Waals surface area contributed by atoms with E-state index < -0.39 is 8.56 Å². The minimum atomic E-state index is -2.16. The Morgan fingerprint density at radius 3 is 2.10 bits per heavy atom. The molecule has 0 aromatic rings. The molecule has 3 heteroatoms. The van der Waals surface area contributed by atoms with E-state index >= 15 is 0 Å². The molecule has 0 amide bonds. The van der Waals surface area contributed by atoms with Crippen molar-refractivity contribution in [2.45, 2.75) is 97.6 Å². The van der Waals surface area contributed by atoms with E-state index in [2.05, 4.69) is 33.9 Å². The molecule has 0 saturated heterocycles. The highest BCUT2D eigenvalue weighted by molar-refractivity contribution is 6.71. The van der Waals surface area contributed by atoms with Gasteiger partial charge >= 0.3 is 8.56 Å². The van der Waals surface area contributed by atoms with Crippen molar-refractivity contribution >= 4 is 8.56 Å². The van der Waals surface area contributed by atoms with Gasteiger partial charge in [0.05, 0.1) is 0 Å². The molecular weight excluding hydrogens is 276 g/mol. The van der Waals surface area contributed by atoms with E-state index in [4.69, 9.17) is 8.85 Å². The molecule has 2 atom stereocenters. The Morgan fingerprint density at radius 1 is 0.952 bits per heavy atom. The largest absolute Gasteiger partial charge is 0.391 e. The smallest absolute Gasteiger partial charge is 0.361 e. The molecule has 0 radical (unpaired) electrons. The normalized spacial score (nSPS) is 15.6. The molecule has 0 saturated carbocycles. The minimum absolute atomic E-state index is 0.289. The Bertz CT molecular complexity index is 245. The molecule has 0 fully saturated rings. The van der Waals surface area contributed by atoms with Crippen molar-refractivity contribution in [3.63, 3.8) is 0 Å². The third-order valence-corrected chi connectivity index (χ3v) is 6.30. The maximum Gasteiger partial charge on any atom is 0.361 e. The topological polar surface area (TPSA) is 18.5 Å². The number of rotatable bonds is 15. The molecule has 126 valence electrons. The zero-order chi connectivity index (χ0) is 16.0. The first-order valence-electron chi connectivity index (χ1n) is 9.03. The van der Waals surface area contributed by atoms with Gasteiger partial charge in [0.1, 0.15) is 0 Å². The fraction of sp³-hybridized carbons (Fsp3) is 0.889. The van der Waals surface area contributed by atoms with Gasteiger partial charge in [-0.25, -0.2) is 0 Å². The van der Waals surface area contributed by atoms with Gasteiger partial charge in [-0.1, -0.05) is 65.2 Å². The summed E-state index contributed by atoms with van der Waals surface area (Å²) in [5.74, 6) is 0. The van der Waals surface area contributed by atoms with Crippen molar-refractivity contribution in [2.24, 2.45) is 0 Å². The fourth-order valence-electron chi connectivity index (χ4n) is 2.44. The molecule has 0 aliphatic carbocycles.